The Bertz CT molecular complexity index is 1260. The highest BCUT2D eigenvalue weighted by molar-refractivity contribution is 5.76. The van der Waals surface area contributed by atoms with Crippen LogP contribution in [-0.4, -0.2) is 68.4 Å². The van der Waals surface area contributed by atoms with Gasteiger partial charge in [-0.05, 0) is 30.2 Å². The van der Waals surface area contributed by atoms with Crippen molar-refractivity contribution in [2.24, 2.45) is 0 Å². The average molecular weight is 507 g/mol. The molecule has 1 aromatic carbocycles. The summed E-state index contributed by atoms with van der Waals surface area (Å²) in [7, 11) is 0. The first kappa shape index (κ1) is 24.2. The smallest absolute Gasteiger partial charge is 0.389 e. The zero-order valence-corrected chi connectivity index (χ0v) is 18.8. The summed E-state index contributed by atoms with van der Waals surface area (Å²) in [6.45, 7) is 1.02. The van der Waals surface area contributed by atoms with Gasteiger partial charge in [0.15, 0.2) is 5.82 Å². The maximum atomic E-state index is 14.2. The largest absolute Gasteiger partial charge is 0.416 e. The van der Waals surface area contributed by atoms with Gasteiger partial charge in [0.1, 0.15) is 17.2 Å². The van der Waals surface area contributed by atoms with Crippen LogP contribution in [0.2, 0.25) is 0 Å². The monoisotopic (exact) mass is 507 g/mol. The predicted octanol–water partition coefficient (Wildman–Crippen LogP) is 4.14. The van der Waals surface area contributed by atoms with E-state index in [9.17, 15) is 31.9 Å². The number of urea groups is 1. The van der Waals surface area contributed by atoms with Crippen LogP contribution in [0, 0.1) is 11.6 Å². The van der Waals surface area contributed by atoms with Gasteiger partial charge in [-0.25, -0.2) is 18.6 Å². The number of carbonyl (C=O) groups excluding carboxylic acids is 1. The first-order valence-electron chi connectivity index (χ1n) is 11.3. The molecule has 2 aliphatic heterocycles. The summed E-state index contributed by atoms with van der Waals surface area (Å²) in [5.74, 6) is -2.24. The number of aliphatic hydroxyl groups is 1. The summed E-state index contributed by atoms with van der Waals surface area (Å²) in [4.78, 5) is 19.9. The number of aromatic amines is 1. The Morgan fingerprint density at radius 1 is 1.00 bits per heavy atom. The fourth-order valence-corrected chi connectivity index (χ4v) is 4.75. The molecule has 12 heteroatoms. The van der Waals surface area contributed by atoms with Crippen molar-refractivity contribution in [1.82, 2.24) is 25.0 Å². The third kappa shape index (κ3) is 4.77. The average Bonchev–Trinajstić information content (AvgIpc) is 3.31. The summed E-state index contributed by atoms with van der Waals surface area (Å²) in [6, 6.07) is 6.90. The second kappa shape index (κ2) is 9.16. The number of hydrogen-bond acceptors (Lipinski definition) is 4. The Labute approximate surface area is 202 Å². The number of likely N-dealkylation sites (tertiary alicyclic amines) is 2. The molecule has 2 unspecified atom stereocenters. The number of nitrogens with one attached hydrogen (secondary N) is 1. The van der Waals surface area contributed by atoms with Crippen molar-refractivity contribution in [3.8, 4) is 11.4 Å². The lowest BCUT2D eigenvalue weighted by atomic mass is 9.82. The quantitative estimate of drug-likeness (QED) is 0.522. The molecule has 5 rings (SSSR count). The maximum absolute atomic E-state index is 14.2. The van der Waals surface area contributed by atoms with Crippen LogP contribution in [0.25, 0.3) is 11.4 Å². The van der Waals surface area contributed by atoms with E-state index in [2.05, 4.69) is 15.2 Å². The van der Waals surface area contributed by atoms with Gasteiger partial charge in [-0.2, -0.15) is 18.3 Å². The SMILES string of the molecule is O=C(N1CC(O)C1)N1CC(c2ccc(C(F)(F)F)cc2)CC(c2cc(-c3ncc(F)cc3F)n[nH]2)C1. The highest BCUT2D eigenvalue weighted by Gasteiger charge is 2.38. The van der Waals surface area contributed by atoms with E-state index in [0.717, 1.165) is 18.3 Å². The molecule has 2 aromatic heterocycles. The Morgan fingerprint density at radius 2 is 1.67 bits per heavy atom. The first-order valence-corrected chi connectivity index (χ1v) is 11.3. The number of β-amino-alcohol motifs (C(OH)–C–C–N with tert-alkyl or cyclic N) is 1. The van der Waals surface area contributed by atoms with Gasteiger partial charge in [0.2, 0.25) is 0 Å². The number of halogens is 5. The summed E-state index contributed by atoms with van der Waals surface area (Å²) < 4.78 is 66.5. The van der Waals surface area contributed by atoms with Crippen LogP contribution in [0.15, 0.2) is 42.6 Å². The van der Waals surface area contributed by atoms with Gasteiger partial charge in [0, 0.05) is 36.7 Å². The normalized spacial score (nSPS) is 20.9. The first-order chi connectivity index (χ1) is 17.1. The summed E-state index contributed by atoms with van der Waals surface area (Å²) in [6.07, 6.45) is -3.65. The molecule has 190 valence electrons. The van der Waals surface area contributed by atoms with E-state index in [-0.39, 0.29) is 42.3 Å². The molecule has 0 saturated carbocycles. The summed E-state index contributed by atoms with van der Waals surface area (Å²) in [5.41, 5.74) is 0.529. The minimum Gasteiger partial charge on any atom is -0.389 e. The molecule has 0 bridgehead atoms. The molecule has 2 amide bonds. The molecular formula is C24H22F5N5O2. The van der Waals surface area contributed by atoms with Crippen LogP contribution >= 0.6 is 0 Å². The number of piperidine rings is 1. The molecule has 0 radical (unpaired) electrons. The molecule has 2 N–H and O–H groups in total. The molecule has 0 aliphatic carbocycles. The Morgan fingerprint density at radius 3 is 2.31 bits per heavy atom. The standard InChI is InChI=1S/C24H22F5N5O2/c25-17-6-19(26)22(30-8-17)21-7-20(31-32-21)15-5-14(13-1-3-16(4-2-13)24(27,28)29)9-33(10-15)23(36)34-11-18(35)12-34/h1-4,6-8,14-15,18,35H,5,9-12H2,(H,31,32). The number of pyridine rings is 1. The van der Waals surface area contributed by atoms with E-state index in [4.69, 9.17) is 0 Å². The van der Waals surface area contributed by atoms with E-state index >= 15 is 0 Å². The van der Waals surface area contributed by atoms with Crippen molar-refractivity contribution in [3.05, 3.63) is 71.1 Å². The predicted molar refractivity (Wildman–Crippen MR) is 118 cm³/mol. The summed E-state index contributed by atoms with van der Waals surface area (Å²) in [5, 5.41) is 16.5. The van der Waals surface area contributed by atoms with E-state index in [0.29, 0.717) is 36.8 Å². The van der Waals surface area contributed by atoms with Crippen LogP contribution in [0.4, 0.5) is 26.7 Å². The molecule has 2 fully saturated rings. The van der Waals surface area contributed by atoms with Gasteiger partial charge >= 0.3 is 12.2 Å². The fraction of sp³-hybridized carbons (Fsp3) is 0.375. The van der Waals surface area contributed by atoms with Crippen molar-refractivity contribution in [2.75, 3.05) is 26.2 Å². The van der Waals surface area contributed by atoms with E-state index in [1.165, 1.54) is 17.0 Å². The van der Waals surface area contributed by atoms with Crippen LogP contribution in [0.5, 0.6) is 0 Å². The number of amides is 2. The third-order valence-corrected chi connectivity index (χ3v) is 6.65. The molecule has 2 atom stereocenters. The van der Waals surface area contributed by atoms with Crippen molar-refractivity contribution in [2.45, 2.75) is 30.5 Å². The Hall–Kier alpha value is -3.54. The van der Waals surface area contributed by atoms with E-state index in [1.807, 2.05) is 0 Å². The summed E-state index contributed by atoms with van der Waals surface area (Å²) >= 11 is 0. The lowest BCUT2D eigenvalue weighted by Gasteiger charge is -2.44. The molecule has 3 aromatic rings. The van der Waals surface area contributed by atoms with Gasteiger partial charge in [0.25, 0.3) is 0 Å². The number of hydrogen-bond donors (Lipinski definition) is 2. The Kier molecular flexibility index (Phi) is 6.15. The van der Waals surface area contributed by atoms with Gasteiger partial charge < -0.3 is 14.9 Å². The van der Waals surface area contributed by atoms with Gasteiger partial charge in [-0.3, -0.25) is 5.10 Å². The number of nitrogens with zero attached hydrogens (tertiary/aromatic N) is 4. The molecule has 0 spiro atoms. The number of alkyl halides is 3. The van der Waals surface area contributed by atoms with Crippen molar-refractivity contribution < 1.29 is 31.9 Å². The number of H-pyrrole nitrogens is 1. The number of aromatic nitrogens is 3. The zero-order chi connectivity index (χ0) is 25.6. The number of carbonyl (C=O) groups is 1. The molecule has 36 heavy (non-hydrogen) atoms. The number of benzene rings is 1. The van der Waals surface area contributed by atoms with E-state index < -0.39 is 29.5 Å². The number of rotatable bonds is 3. The minimum atomic E-state index is -4.45. The molecular weight excluding hydrogens is 485 g/mol. The molecule has 2 saturated heterocycles. The van der Waals surface area contributed by atoms with E-state index in [1.54, 1.807) is 11.0 Å². The lowest BCUT2D eigenvalue weighted by molar-refractivity contribution is -0.137. The molecule has 4 heterocycles. The number of aliphatic hydroxyl groups excluding tert-OH is 1. The van der Waals surface area contributed by atoms with Crippen LogP contribution < -0.4 is 0 Å². The van der Waals surface area contributed by atoms with Crippen molar-refractivity contribution in [1.29, 1.82) is 0 Å². The topological polar surface area (TPSA) is 85.3 Å². The lowest BCUT2D eigenvalue weighted by Crippen LogP contribution is -2.59. The van der Waals surface area contributed by atoms with Gasteiger partial charge in [0.05, 0.1) is 31.0 Å². The second-order valence-electron chi connectivity index (χ2n) is 9.19. The van der Waals surface area contributed by atoms with Gasteiger partial charge in [-0.15, -0.1) is 0 Å². The molecule has 2 aliphatic rings. The van der Waals surface area contributed by atoms with Crippen molar-refractivity contribution in [3.63, 3.8) is 0 Å². The zero-order valence-electron chi connectivity index (χ0n) is 18.8. The van der Waals surface area contributed by atoms with Crippen LogP contribution in [0.3, 0.4) is 0 Å². The highest BCUT2D eigenvalue weighted by Crippen LogP contribution is 2.38. The second-order valence-corrected chi connectivity index (χ2v) is 9.19. The van der Waals surface area contributed by atoms with Crippen molar-refractivity contribution >= 4 is 6.03 Å². The maximum Gasteiger partial charge on any atom is 0.416 e. The van der Waals surface area contributed by atoms with Gasteiger partial charge in [-0.1, -0.05) is 12.1 Å². The Balaban J connectivity index is 1.42. The fourth-order valence-electron chi connectivity index (χ4n) is 4.75. The van der Waals surface area contributed by atoms with Crippen LogP contribution in [-0.2, 0) is 6.18 Å². The third-order valence-electron chi connectivity index (χ3n) is 6.65. The minimum absolute atomic E-state index is 0.128. The molecule has 7 nitrogen and oxygen atoms in total. The van der Waals surface area contributed by atoms with Crippen LogP contribution in [0.1, 0.15) is 35.1 Å². The highest BCUT2D eigenvalue weighted by atomic mass is 19.4.